The van der Waals surface area contributed by atoms with Crippen LogP contribution in [0.5, 0.6) is 0 Å². The average Bonchev–Trinajstić information content (AvgIpc) is 3.54. The van der Waals surface area contributed by atoms with Gasteiger partial charge in [0.15, 0.2) is 11.3 Å². The third kappa shape index (κ3) is 5.46. The number of thioether (sulfide) groups is 1. The maximum atomic E-state index is 12.7. The summed E-state index contributed by atoms with van der Waals surface area (Å²) in [6.07, 6.45) is 2.17. The number of aromatic nitrogens is 2. The lowest BCUT2D eigenvalue weighted by Gasteiger charge is -2.18. The Hall–Kier alpha value is -3.84. The number of nitrogens with one attached hydrogen (secondary N) is 1. The van der Waals surface area contributed by atoms with Gasteiger partial charge in [-0.1, -0.05) is 84.6 Å². The lowest BCUT2D eigenvalue weighted by molar-refractivity contribution is 0.0947. The van der Waals surface area contributed by atoms with E-state index in [1.165, 1.54) is 29.2 Å². The Morgan fingerprint density at radius 2 is 1.66 bits per heavy atom. The first-order valence-electron chi connectivity index (χ1n) is 11.5. The van der Waals surface area contributed by atoms with Crippen LogP contribution in [0, 0.1) is 6.92 Å². The van der Waals surface area contributed by atoms with Crippen molar-refractivity contribution >= 4 is 28.8 Å². The molecule has 0 bridgehead atoms. The van der Waals surface area contributed by atoms with Crippen LogP contribution in [-0.4, -0.2) is 22.4 Å². The molecule has 1 N–H and O–H groups in total. The van der Waals surface area contributed by atoms with Gasteiger partial charge in [-0.2, -0.15) is 0 Å². The molecule has 3 aromatic carbocycles. The van der Waals surface area contributed by atoms with Crippen LogP contribution in [0.4, 0.5) is 0 Å². The van der Waals surface area contributed by atoms with Crippen molar-refractivity contribution in [3.8, 4) is 0 Å². The quantitative estimate of drug-likeness (QED) is 0.245. The molecule has 0 fully saturated rings. The van der Waals surface area contributed by atoms with Gasteiger partial charge in [0.2, 0.25) is 5.89 Å². The highest BCUT2D eigenvalue weighted by atomic mass is 32.2. The Labute approximate surface area is 207 Å². The zero-order valence-corrected chi connectivity index (χ0v) is 20.1. The first-order chi connectivity index (χ1) is 17.2. The van der Waals surface area contributed by atoms with E-state index in [1.54, 1.807) is 0 Å². The normalized spacial score (nSPS) is 11.3. The molecule has 0 aliphatic heterocycles. The Balaban J connectivity index is 1.17. The lowest BCUT2D eigenvalue weighted by atomic mass is 9.88. The standard InChI is InChI=1S/C28H25N3O3S/c1-19-9-8-14-24-26(19)31-28(34-24)35-18-25-30-23(17-33-25)27(32)29-16-15-22(20-10-4-2-5-11-20)21-12-6-3-7-13-21/h2-14,17,22H,15-16,18H2,1H3,(H,29,32). The second kappa shape index (κ2) is 10.6. The summed E-state index contributed by atoms with van der Waals surface area (Å²) in [5.41, 5.74) is 5.39. The summed E-state index contributed by atoms with van der Waals surface area (Å²) < 4.78 is 11.3. The number of carbonyl (C=O) groups excluding carboxylic acids is 1. The number of benzene rings is 3. The highest BCUT2D eigenvalue weighted by Gasteiger charge is 2.17. The molecule has 6 nitrogen and oxygen atoms in total. The van der Waals surface area contributed by atoms with Gasteiger partial charge in [0.05, 0.1) is 5.75 Å². The molecule has 0 saturated carbocycles. The van der Waals surface area contributed by atoms with Crippen molar-refractivity contribution in [3.05, 3.63) is 113 Å². The topological polar surface area (TPSA) is 81.2 Å². The van der Waals surface area contributed by atoms with Crippen molar-refractivity contribution in [1.82, 2.24) is 15.3 Å². The Bertz CT molecular complexity index is 1370. The van der Waals surface area contributed by atoms with Crippen LogP contribution < -0.4 is 5.32 Å². The van der Waals surface area contributed by atoms with Crippen LogP contribution in [-0.2, 0) is 5.75 Å². The molecule has 1 amide bonds. The van der Waals surface area contributed by atoms with Gasteiger partial charge in [0, 0.05) is 12.5 Å². The molecule has 7 heteroatoms. The molecule has 0 aliphatic carbocycles. The third-order valence-corrected chi connectivity index (χ3v) is 6.64. The van der Waals surface area contributed by atoms with E-state index in [1.807, 2.05) is 61.5 Å². The number of hydrogen-bond acceptors (Lipinski definition) is 6. The molecule has 0 aliphatic rings. The van der Waals surface area contributed by atoms with Gasteiger partial charge >= 0.3 is 0 Å². The number of oxazole rings is 2. The Kier molecular flexibility index (Phi) is 6.95. The number of nitrogens with zero attached hydrogens (tertiary/aromatic N) is 2. The lowest BCUT2D eigenvalue weighted by Crippen LogP contribution is -2.26. The number of hydrogen-bond donors (Lipinski definition) is 1. The molecular formula is C28H25N3O3S. The SMILES string of the molecule is Cc1cccc2oc(SCc3nc(C(=O)NCCC(c4ccccc4)c4ccccc4)co3)nc12. The summed E-state index contributed by atoms with van der Waals surface area (Å²) in [5, 5.41) is 3.53. The smallest absolute Gasteiger partial charge is 0.273 e. The van der Waals surface area contributed by atoms with Crippen LogP contribution >= 0.6 is 11.8 Å². The summed E-state index contributed by atoms with van der Waals surface area (Å²) in [7, 11) is 0. The van der Waals surface area contributed by atoms with Crippen LogP contribution in [0.15, 0.2) is 99.2 Å². The predicted octanol–water partition coefficient (Wildman–Crippen LogP) is 6.37. The second-order valence-electron chi connectivity index (χ2n) is 8.24. The van der Waals surface area contributed by atoms with E-state index >= 15 is 0 Å². The van der Waals surface area contributed by atoms with E-state index in [0.717, 1.165) is 23.1 Å². The van der Waals surface area contributed by atoms with Crippen LogP contribution in [0.1, 0.15) is 45.4 Å². The largest absolute Gasteiger partial charge is 0.447 e. The number of fused-ring (bicyclic) bond motifs is 1. The van der Waals surface area contributed by atoms with Gasteiger partial charge in [-0.25, -0.2) is 9.97 Å². The maximum Gasteiger partial charge on any atom is 0.273 e. The van der Waals surface area contributed by atoms with Gasteiger partial charge in [0.25, 0.3) is 11.1 Å². The van der Waals surface area contributed by atoms with Crippen LogP contribution in [0.3, 0.4) is 0 Å². The van der Waals surface area contributed by atoms with E-state index in [0.29, 0.717) is 23.4 Å². The van der Waals surface area contributed by atoms with E-state index < -0.39 is 0 Å². The van der Waals surface area contributed by atoms with Gasteiger partial charge in [-0.15, -0.1) is 0 Å². The molecule has 0 saturated heterocycles. The number of carbonyl (C=O) groups is 1. The number of rotatable bonds is 9. The molecule has 35 heavy (non-hydrogen) atoms. The third-order valence-electron chi connectivity index (χ3n) is 5.83. The van der Waals surface area contributed by atoms with Crippen molar-refractivity contribution in [2.75, 3.05) is 6.54 Å². The summed E-state index contributed by atoms with van der Waals surface area (Å²) >= 11 is 1.38. The first-order valence-corrected chi connectivity index (χ1v) is 12.5. The predicted molar refractivity (Wildman–Crippen MR) is 136 cm³/mol. The van der Waals surface area contributed by atoms with E-state index in [4.69, 9.17) is 8.83 Å². The summed E-state index contributed by atoms with van der Waals surface area (Å²) in [6.45, 7) is 2.52. The van der Waals surface area contributed by atoms with Gasteiger partial charge in [0.1, 0.15) is 11.8 Å². The van der Waals surface area contributed by atoms with Crippen LogP contribution in [0.25, 0.3) is 11.1 Å². The van der Waals surface area contributed by atoms with Crippen molar-refractivity contribution < 1.29 is 13.6 Å². The number of amides is 1. The van der Waals surface area contributed by atoms with E-state index in [-0.39, 0.29) is 17.5 Å². The zero-order chi connectivity index (χ0) is 24.0. The Morgan fingerprint density at radius 3 is 2.34 bits per heavy atom. The second-order valence-corrected chi connectivity index (χ2v) is 9.16. The van der Waals surface area contributed by atoms with Gasteiger partial charge in [-0.05, 0) is 36.1 Å². The van der Waals surface area contributed by atoms with Crippen molar-refractivity contribution in [1.29, 1.82) is 0 Å². The molecule has 2 aromatic heterocycles. The highest BCUT2D eigenvalue weighted by molar-refractivity contribution is 7.98. The summed E-state index contributed by atoms with van der Waals surface area (Å²) in [6, 6.07) is 26.5. The van der Waals surface area contributed by atoms with Gasteiger partial charge in [-0.3, -0.25) is 4.79 Å². The molecule has 2 heterocycles. The highest BCUT2D eigenvalue weighted by Crippen LogP contribution is 2.28. The van der Waals surface area contributed by atoms with Crippen molar-refractivity contribution in [3.63, 3.8) is 0 Å². The minimum Gasteiger partial charge on any atom is -0.447 e. The minimum absolute atomic E-state index is 0.196. The molecule has 5 rings (SSSR count). The van der Waals surface area contributed by atoms with Crippen molar-refractivity contribution in [2.45, 2.75) is 30.2 Å². The molecule has 0 radical (unpaired) electrons. The first kappa shape index (κ1) is 22.9. The Morgan fingerprint density at radius 1 is 0.943 bits per heavy atom. The zero-order valence-electron chi connectivity index (χ0n) is 19.3. The molecule has 5 aromatic rings. The van der Waals surface area contributed by atoms with E-state index in [2.05, 4.69) is 39.6 Å². The molecule has 176 valence electrons. The molecular weight excluding hydrogens is 458 g/mol. The van der Waals surface area contributed by atoms with Gasteiger partial charge < -0.3 is 14.2 Å². The maximum absolute atomic E-state index is 12.7. The fourth-order valence-corrected chi connectivity index (χ4v) is 4.73. The molecule has 0 atom stereocenters. The van der Waals surface area contributed by atoms with Crippen molar-refractivity contribution in [2.24, 2.45) is 0 Å². The van der Waals surface area contributed by atoms with Crippen LogP contribution in [0.2, 0.25) is 0 Å². The van der Waals surface area contributed by atoms with E-state index in [9.17, 15) is 4.79 Å². The summed E-state index contributed by atoms with van der Waals surface area (Å²) in [4.78, 5) is 21.5. The molecule has 0 unspecified atom stereocenters. The summed E-state index contributed by atoms with van der Waals surface area (Å²) in [5.74, 6) is 0.818. The fraction of sp³-hybridized carbons (Fsp3) is 0.179. The average molecular weight is 484 g/mol. The monoisotopic (exact) mass is 483 g/mol. The minimum atomic E-state index is -0.248. The number of aryl methyl sites for hydroxylation is 1. The fourth-order valence-electron chi connectivity index (χ4n) is 4.05. The number of para-hydroxylation sites is 1. The molecule has 0 spiro atoms.